The molecule has 0 bridgehead atoms. The van der Waals surface area contributed by atoms with Gasteiger partial charge in [0.05, 0.1) is 5.56 Å². The number of ether oxygens (including phenoxy) is 1. The number of rotatable bonds is 2. The third-order valence-electron chi connectivity index (χ3n) is 4.71. The van der Waals surface area contributed by atoms with Crippen molar-refractivity contribution in [3.05, 3.63) is 83.1 Å². The molecule has 3 N–H and O–H groups in total. The van der Waals surface area contributed by atoms with E-state index >= 15 is 0 Å². The van der Waals surface area contributed by atoms with Gasteiger partial charge in [-0.2, -0.15) is 0 Å². The fourth-order valence-corrected chi connectivity index (χ4v) is 3.64. The first-order chi connectivity index (χ1) is 12.0. The summed E-state index contributed by atoms with van der Waals surface area (Å²) in [6.45, 7) is 0. The Hall–Kier alpha value is -3.21. The highest BCUT2D eigenvalue weighted by molar-refractivity contribution is 5.90. The molecule has 1 aliphatic heterocycles. The van der Waals surface area contributed by atoms with E-state index in [9.17, 15) is 20.1 Å². The summed E-state index contributed by atoms with van der Waals surface area (Å²) in [5, 5.41) is 29.2. The van der Waals surface area contributed by atoms with Crippen LogP contribution in [0, 0.1) is 5.92 Å². The lowest BCUT2D eigenvalue weighted by Gasteiger charge is -2.39. The average Bonchev–Trinajstić information content (AvgIpc) is 2.59. The van der Waals surface area contributed by atoms with E-state index in [1.165, 1.54) is 6.07 Å². The van der Waals surface area contributed by atoms with Crippen molar-refractivity contribution in [3.8, 4) is 11.5 Å². The number of fused-ring (bicyclic) bond motifs is 2. The Morgan fingerprint density at radius 2 is 1.84 bits per heavy atom. The average molecular weight is 336 g/mol. The van der Waals surface area contributed by atoms with Crippen molar-refractivity contribution in [1.82, 2.24) is 0 Å². The molecule has 0 saturated heterocycles. The van der Waals surface area contributed by atoms with Crippen LogP contribution in [-0.4, -0.2) is 27.4 Å². The molecule has 1 heterocycles. The van der Waals surface area contributed by atoms with E-state index in [2.05, 4.69) is 0 Å². The third-order valence-corrected chi connectivity index (χ3v) is 4.71. The van der Waals surface area contributed by atoms with Crippen molar-refractivity contribution in [3.63, 3.8) is 0 Å². The Bertz CT molecular complexity index is 912. The number of hydrogen-bond acceptors (Lipinski definition) is 4. The molecule has 0 saturated carbocycles. The first-order valence-corrected chi connectivity index (χ1v) is 7.95. The van der Waals surface area contributed by atoms with Crippen LogP contribution in [0.2, 0.25) is 0 Å². The van der Waals surface area contributed by atoms with Gasteiger partial charge in [0, 0.05) is 23.5 Å². The molecule has 2 aromatic rings. The molecule has 4 rings (SSSR count). The second-order valence-corrected chi connectivity index (χ2v) is 6.20. The van der Waals surface area contributed by atoms with Gasteiger partial charge in [-0.15, -0.1) is 0 Å². The monoisotopic (exact) mass is 336 g/mol. The summed E-state index contributed by atoms with van der Waals surface area (Å²) in [6.07, 6.45) is 4.62. The van der Waals surface area contributed by atoms with Crippen molar-refractivity contribution in [2.45, 2.75) is 12.0 Å². The van der Waals surface area contributed by atoms with E-state index in [0.29, 0.717) is 11.3 Å². The number of allylic oxidation sites excluding steroid dienone is 1. The van der Waals surface area contributed by atoms with Crippen LogP contribution in [0.3, 0.4) is 0 Å². The number of phenols is 1. The maximum atomic E-state index is 11.7. The number of aromatic carboxylic acids is 1. The Balaban J connectivity index is 1.93. The van der Waals surface area contributed by atoms with Crippen LogP contribution in [0.5, 0.6) is 11.5 Å². The molecule has 0 amide bonds. The second kappa shape index (κ2) is 5.70. The van der Waals surface area contributed by atoms with Gasteiger partial charge < -0.3 is 20.1 Å². The summed E-state index contributed by atoms with van der Waals surface area (Å²) in [6, 6.07) is 11.7. The highest BCUT2D eigenvalue weighted by Crippen LogP contribution is 2.48. The molecule has 5 nitrogen and oxygen atoms in total. The van der Waals surface area contributed by atoms with E-state index in [0.717, 1.165) is 5.56 Å². The Morgan fingerprint density at radius 3 is 2.64 bits per heavy atom. The molecule has 2 aliphatic rings. The molecule has 1 aliphatic carbocycles. The van der Waals surface area contributed by atoms with Gasteiger partial charge in [0.25, 0.3) is 0 Å². The number of aromatic hydroxyl groups is 1. The minimum atomic E-state index is -0.989. The molecule has 0 aromatic heterocycles. The maximum absolute atomic E-state index is 11.7. The smallest absolute Gasteiger partial charge is 0.335 e. The molecule has 2 aromatic carbocycles. The first kappa shape index (κ1) is 15.3. The number of phenolic OH excluding ortho intramolecular Hbond substituents is 1. The number of benzene rings is 2. The van der Waals surface area contributed by atoms with E-state index in [1.54, 1.807) is 42.5 Å². The largest absolute Gasteiger partial charge is 0.508 e. The highest BCUT2D eigenvalue weighted by Gasteiger charge is 2.39. The Morgan fingerprint density at radius 1 is 1.04 bits per heavy atom. The molecule has 0 radical (unpaired) electrons. The van der Waals surface area contributed by atoms with E-state index in [1.807, 2.05) is 12.1 Å². The predicted molar refractivity (Wildman–Crippen MR) is 91.1 cm³/mol. The fourth-order valence-electron chi connectivity index (χ4n) is 3.64. The molecule has 25 heavy (non-hydrogen) atoms. The van der Waals surface area contributed by atoms with Crippen molar-refractivity contribution in [2.24, 2.45) is 5.92 Å². The van der Waals surface area contributed by atoms with Gasteiger partial charge in [-0.25, -0.2) is 4.79 Å². The van der Waals surface area contributed by atoms with Crippen LogP contribution in [0.25, 0.3) is 0 Å². The standard InChI is InChI=1S/C20H16O5/c21-11-5-7-15-17(9-11)25-18-10-12(22)6-8-16(18)19(15)13-3-1-2-4-14(13)20(23)24/h1-10,15,17,19,21-22H,(H,23,24)/t15?,17-,19+/m1/s1. The van der Waals surface area contributed by atoms with Crippen LogP contribution in [0.1, 0.15) is 27.4 Å². The molecule has 0 fully saturated rings. The molecule has 3 atom stereocenters. The minimum Gasteiger partial charge on any atom is -0.508 e. The fraction of sp³-hybridized carbons (Fsp3) is 0.150. The summed E-state index contributed by atoms with van der Waals surface area (Å²) in [5.41, 5.74) is 1.73. The summed E-state index contributed by atoms with van der Waals surface area (Å²) >= 11 is 0. The SMILES string of the molecule is O=C(O)c1ccccc1[C@@H]1c2ccc(O)cc2O[C@@H]2C=C(O)C=CC12. The van der Waals surface area contributed by atoms with Crippen LogP contribution >= 0.6 is 0 Å². The molecule has 1 unspecified atom stereocenters. The van der Waals surface area contributed by atoms with Crippen LogP contribution in [-0.2, 0) is 0 Å². The molecular weight excluding hydrogens is 320 g/mol. The molecule has 0 spiro atoms. The number of carboxylic acid groups (broad SMARTS) is 1. The quantitative estimate of drug-likeness (QED) is 0.780. The second-order valence-electron chi connectivity index (χ2n) is 6.20. The van der Waals surface area contributed by atoms with Gasteiger partial charge in [-0.3, -0.25) is 0 Å². The number of aliphatic hydroxyl groups is 1. The van der Waals surface area contributed by atoms with Crippen LogP contribution < -0.4 is 4.74 Å². The van der Waals surface area contributed by atoms with E-state index in [-0.39, 0.29) is 28.9 Å². The van der Waals surface area contributed by atoms with Gasteiger partial charge in [0.15, 0.2) is 0 Å². The summed E-state index contributed by atoms with van der Waals surface area (Å²) in [4.78, 5) is 11.7. The lowest BCUT2D eigenvalue weighted by molar-refractivity contribution is 0.0693. The number of carbonyl (C=O) groups is 1. The normalized spacial score (nSPS) is 23.8. The zero-order valence-corrected chi connectivity index (χ0v) is 13.2. The highest BCUT2D eigenvalue weighted by atomic mass is 16.5. The summed E-state index contributed by atoms with van der Waals surface area (Å²) in [5.74, 6) is -0.740. The Kier molecular flexibility index (Phi) is 3.50. The van der Waals surface area contributed by atoms with Gasteiger partial charge >= 0.3 is 5.97 Å². The van der Waals surface area contributed by atoms with Crippen LogP contribution in [0.4, 0.5) is 0 Å². The Labute approximate surface area is 144 Å². The van der Waals surface area contributed by atoms with Crippen molar-refractivity contribution >= 4 is 5.97 Å². The lowest BCUT2D eigenvalue weighted by atomic mass is 9.73. The summed E-state index contributed by atoms with van der Waals surface area (Å²) < 4.78 is 5.94. The van der Waals surface area contributed by atoms with Gasteiger partial charge in [-0.05, 0) is 29.8 Å². The van der Waals surface area contributed by atoms with Crippen molar-refractivity contribution < 1.29 is 24.9 Å². The molecule has 126 valence electrons. The zero-order chi connectivity index (χ0) is 17.6. The zero-order valence-electron chi connectivity index (χ0n) is 13.2. The summed E-state index contributed by atoms with van der Waals surface area (Å²) in [7, 11) is 0. The van der Waals surface area contributed by atoms with Gasteiger partial charge in [-0.1, -0.05) is 30.3 Å². The number of aliphatic hydroxyl groups excluding tert-OH is 1. The molecule has 5 heteroatoms. The predicted octanol–water partition coefficient (Wildman–Crippen LogP) is 3.61. The van der Waals surface area contributed by atoms with E-state index in [4.69, 9.17) is 4.74 Å². The minimum absolute atomic E-state index is 0.0713. The molecular formula is C20H16O5. The van der Waals surface area contributed by atoms with Gasteiger partial charge in [0.1, 0.15) is 23.4 Å². The maximum Gasteiger partial charge on any atom is 0.335 e. The van der Waals surface area contributed by atoms with Crippen molar-refractivity contribution in [2.75, 3.05) is 0 Å². The third kappa shape index (κ3) is 2.54. The topological polar surface area (TPSA) is 87.0 Å². The lowest BCUT2D eigenvalue weighted by Crippen LogP contribution is -2.36. The van der Waals surface area contributed by atoms with Gasteiger partial charge in [0.2, 0.25) is 0 Å². The first-order valence-electron chi connectivity index (χ1n) is 7.95. The van der Waals surface area contributed by atoms with Crippen molar-refractivity contribution in [1.29, 1.82) is 0 Å². The number of hydrogen-bond donors (Lipinski definition) is 3. The van der Waals surface area contributed by atoms with E-state index < -0.39 is 12.1 Å². The number of carboxylic acids is 1. The van der Waals surface area contributed by atoms with Crippen LogP contribution in [0.15, 0.2) is 66.5 Å².